The van der Waals surface area contributed by atoms with Crippen molar-refractivity contribution in [2.45, 2.75) is 25.8 Å². The van der Waals surface area contributed by atoms with Crippen LogP contribution < -0.4 is 11.1 Å². The highest BCUT2D eigenvalue weighted by atomic mass is 16.2. The summed E-state index contributed by atoms with van der Waals surface area (Å²) < 4.78 is 1.54. The van der Waals surface area contributed by atoms with Gasteiger partial charge in [0.15, 0.2) is 0 Å². The van der Waals surface area contributed by atoms with E-state index in [9.17, 15) is 4.79 Å². The van der Waals surface area contributed by atoms with Crippen molar-refractivity contribution in [2.24, 2.45) is 5.73 Å². The Kier molecular flexibility index (Phi) is 5.45. The summed E-state index contributed by atoms with van der Waals surface area (Å²) in [4.78, 5) is 11.9. The van der Waals surface area contributed by atoms with Gasteiger partial charge in [-0.25, -0.2) is 4.68 Å². The Bertz CT molecular complexity index is 566. The molecule has 21 heavy (non-hydrogen) atoms. The van der Waals surface area contributed by atoms with E-state index in [-0.39, 0.29) is 18.4 Å². The van der Waals surface area contributed by atoms with E-state index >= 15 is 0 Å². The van der Waals surface area contributed by atoms with Gasteiger partial charge in [0.1, 0.15) is 6.54 Å². The lowest BCUT2D eigenvalue weighted by molar-refractivity contribution is -0.121. The topological polar surface area (TPSA) is 85.8 Å². The van der Waals surface area contributed by atoms with E-state index in [1.165, 1.54) is 10.2 Å². The van der Waals surface area contributed by atoms with Gasteiger partial charge in [-0.15, -0.1) is 5.10 Å². The summed E-state index contributed by atoms with van der Waals surface area (Å²) >= 11 is 0. The lowest BCUT2D eigenvalue weighted by Crippen LogP contribution is -2.30. The van der Waals surface area contributed by atoms with Gasteiger partial charge in [-0.3, -0.25) is 4.79 Å². The Morgan fingerprint density at radius 1 is 1.38 bits per heavy atom. The van der Waals surface area contributed by atoms with Crippen LogP contribution in [-0.4, -0.2) is 34.0 Å². The lowest BCUT2D eigenvalue weighted by atomic mass is 10.0. The maximum atomic E-state index is 11.9. The molecule has 1 aromatic carbocycles. The summed E-state index contributed by atoms with van der Waals surface area (Å²) in [5.41, 5.74) is 7.47. The van der Waals surface area contributed by atoms with Crippen molar-refractivity contribution < 1.29 is 4.79 Å². The third-order valence-corrected chi connectivity index (χ3v) is 3.27. The third-order valence-electron chi connectivity index (χ3n) is 3.27. The molecule has 6 nitrogen and oxygen atoms in total. The molecule has 3 N–H and O–H groups in total. The zero-order valence-corrected chi connectivity index (χ0v) is 12.2. The molecule has 0 radical (unpaired) electrons. The smallest absolute Gasteiger partial charge is 0.241 e. The van der Waals surface area contributed by atoms with Crippen LogP contribution in [0.5, 0.6) is 0 Å². The molecular weight excluding hydrogens is 266 g/mol. The summed E-state index contributed by atoms with van der Waals surface area (Å²) in [5.74, 6) is 0.209. The van der Waals surface area contributed by atoms with Crippen molar-refractivity contribution in [3.8, 4) is 0 Å². The van der Waals surface area contributed by atoms with E-state index in [0.29, 0.717) is 19.5 Å². The first-order valence-corrected chi connectivity index (χ1v) is 7.09. The van der Waals surface area contributed by atoms with E-state index in [4.69, 9.17) is 5.73 Å². The van der Waals surface area contributed by atoms with Gasteiger partial charge in [0.2, 0.25) is 5.91 Å². The molecule has 0 aliphatic carbocycles. The number of aromatic nitrogens is 3. The number of nitrogens with two attached hydrogens (primary N) is 1. The van der Waals surface area contributed by atoms with Crippen molar-refractivity contribution in [1.82, 2.24) is 20.3 Å². The van der Waals surface area contributed by atoms with Crippen molar-refractivity contribution in [2.75, 3.05) is 13.1 Å². The molecular formula is C15H21N5O. The van der Waals surface area contributed by atoms with Crippen LogP contribution in [0.1, 0.15) is 24.1 Å². The Labute approximate surface area is 124 Å². The molecule has 2 rings (SSSR count). The van der Waals surface area contributed by atoms with Crippen molar-refractivity contribution in [3.05, 3.63) is 47.8 Å². The van der Waals surface area contributed by atoms with Gasteiger partial charge in [-0.05, 0) is 18.0 Å². The van der Waals surface area contributed by atoms with Gasteiger partial charge < -0.3 is 11.1 Å². The number of amides is 1. The van der Waals surface area contributed by atoms with Crippen LogP contribution in [0.3, 0.4) is 0 Å². The van der Waals surface area contributed by atoms with Crippen LogP contribution in [0.15, 0.2) is 36.5 Å². The quantitative estimate of drug-likeness (QED) is 0.785. The van der Waals surface area contributed by atoms with Crippen LogP contribution in [-0.2, 0) is 17.8 Å². The summed E-state index contributed by atoms with van der Waals surface area (Å²) in [7, 11) is 0. The minimum absolute atomic E-state index is 0.0676. The second kappa shape index (κ2) is 7.54. The number of hydrogen-bond donors (Lipinski definition) is 2. The van der Waals surface area contributed by atoms with Crippen molar-refractivity contribution >= 4 is 5.91 Å². The second-order valence-electron chi connectivity index (χ2n) is 5.06. The van der Waals surface area contributed by atoms with Crippen LogP contribution >= 0.6 is 0 Å². The predicted octanol–water partition coefficient (Wildman–Crippen LogP) is 0.699. The summed E-state index contributed by atoms with van der Waals surface area (Å²) in [6.07, 6.45) is 2.43. The Balaban J connectivity index is 1.79. The highest BCUT2D eigenvalue weighted by Gasteiger charge is 2.09. The van der Waals surface area contributed by atoms with Crippen molar-refractivity contribution in [3.63, 3.8) is 0 Å². The maximum absolute atomic E-state index is 11.9. The van der Waals surface area contributed by atoms with E-state index in [0.717, 1.165) is 5.69 Å². The molecule has 1 heterocycles. The second-order valence-corrected chi connectivity index (χ2v) is 5.06. The highest BCUT2D eigenvalue weighted by molar-refractivity contribution is 5.75. The molecule has 0 bridgehead atoms. The van der Waals surface area contributed by atoms with Gasteiger partial charge in [0.05, 0.1) is 5.69 Å². The molecule has 6 heteroatoms. The molecule has 0 aliphatic heterocycles. The first kappa shape index (κ1) is 15.2. The Morgan fingerprint density at radius 2 is 2.14 bits per heavy atom. The molecule has 1 amide bonds. The molecule has 1 unspecified atom stereocenters. The summed E-state index contributed by atoms with van der Waals surface area (Å²) in [6.45, 7) is 3.40. The zero-order valence-electron chi connectivity index (χ0n) is 12.2. The van der Waals surface area contributed by atoms with Gasteiger partial charge in [-0.2, -0.15) is 0 Å². The minimum atomic E-state index is -0.0676. The molecule has 1 atom stereocenters. The van der Waals surface area contributed by atoms with Crippen LogP contribution in [0.25, 0.3) is 0 Å². The third kappa shape index (κ3) is 4.68. The standard InChI is InChI=1S/C15H21N5O/c1-12(13-5-3-2-4-6-13)9-17-15(21)11-20-10-14(7-8-16)18-19-20/h2-6,10,12H,7-9,11,16H2,1H3,(H,17,21). The predicted molar refractivity (Wildman–Crippen MR) is 80.6 cm³/mol. The number of nitrogens with one attached hydrogen (secondary N) is 1. The van der Waals surface area contributed by atoms with Gasteiger partial charge in [-0.1, -0.05) is 42.5 Å². The molecule has 1 aromatic heterocycles. The number of hydrogen-bond acceptors (Lipinski definition) is 4. The highest BCUT2D eigenvalue weighted by Crippen LogP contribution is 2.12. The van der Waals surface area contributed by atoms with Crippen LogP contribution in [0.4, 0.5) is 0 Å². The minimum Gasteiger partial charge on any atom is -0.354 e. The number of benzene rings is 1. The van der Waals surface area contributed by atoms with Crippen molar-refractivity contribution in [1.29, 1.82) is 0 Å². The van der Waals surface area contributed by atoms with Gasteiger partial charge >= 0.3 is 0 Å². The van der Waals surface area contributed by atoms with Gasteiger partial charge in [0, 0.05) is 19.2 Å². The van der Waals surface area contributed by atoms with Crippen LogP contribution in [0, 0.1) is 0 Å². The molecule has 0 spiro atoms. The average molecular weight is 287 g/mol. The van der Waals surface area contributed by atoms with E-state index in [1.807, 2.05) is 18.2 Å². The fourth-order valence-electron chi connectivity index (χ4n) is 2.05. The fourth-order valence-corrected chi connectivity index (χ4v) is 2.05. The van der Waals surface area contributed by atoms with Crippen LogP contribution in [0.2, 0.25) is 0 Å². The SMILES string of the molecule is CC(CNC(=O)Cn1cc(CCN)nn1)c1ccccc1. The average Bonchev–Trinajstić information content (AvgIpc) is 2.93. The Morgan fingerprint density at radius 3 is 2.86 bits per heavy atom. The molecule has 0 aliphatic rings. The van der Waals surface area contributed by atoms with E-state index < -0.39 is 0 Å². The Hall–Kier alpha value is -2.21. The molecule has 112 valence electrons. The summed E-state index contributed by atoms with van der Waals surface area (Å²) in [6, 6.07) is 10.1. The largest absolute Gasteiger partial charge is 0.354 e. The van der Waals surface area contributed by atoms with Gasteiger partial charge in [0.25, 0.3) is 0 Å². The van der Waals surface area contributed by atoms with E-state index in [1.54, 1.807) is 6.20 Å². The summed E-state index contributed by atoms with van der Waals surface area (Å²) in [5, 5.41) is 10.8. The number of carbonyl (C=O) groups is 1. The monoisotopic (exact) mass is 287 g/mol. The number of rotatable bonds is 7. The van der Waals surface area contributed by atoms with E-state index in [2.05, 4.69) is 34.7 Å². The first-order valence-electron chi connectivity index (χ1n) is 7.09. The first-order chi connectivity index (χ1) is 10.2. The fraction of sp³-hybridized carbons (Fsp3) is 0.400. The molecule has 0 saturated heterocycles. The molecule has 0 fully saturated rings. The molecule has 0 saturated carbocycles. The normalized spacial score (nSPS) is 12.1. The maximum Gasteiger partial charge on any atom is 0.241 e. The molecule has 2 aromatic rings. The lowest BCUT2D eigenvalue weighted by Gasteiger charge is -2.12. The zero-order chi connectivity index (χ0) is 15.1. The number of carbonyl (C=O) groups excluding carboxylic acids is 1. The number of nitrogens with zero attached hydrogens (tertiary/aromatic N) is 3.